The number of benzene rings is 1. The molecule has 1 aliphatic carbocycles. The van der Waals surface area contributed by atoms with Crippen LogP contribution in [0.5, 0.6) is 11.5 Å². The molecule has 1 aliphatic rings. The van der Waals surface area contributed by atoms with Crippen LogP contribution in [-0.4, -0.2) is 25.3 Å². The van der Waals surface area contributed by atoms with Crippen molar-refractivity contribution in [1.29, 1.82) is 0 Å². The molecule has 0 atom stereocenters. The van der Waals surface area contributed by atoms with E-state index in [4.69, 9.17) is 14.6 Å². The van der Waals surface area contributed by atoms with E-state index in [1.54, 1.807) is 6.07 Å². The summed E-state index contributed by atoms with van der Waals surface area (Å²) < 4.78 is 24.8. The Bertz CT molecular complexity index is 526. The molecule has 1 aromatic carbocycles. The summed E-state index contributed by atoms with van der Waals surface area (Å²) in [7, 11) is 2.73. The van der Waals surface area contributed by atoms with Crippen LogP contribution < -0.4 is 9.47 Å². The van der Waals surface area contributed by atoms with Crippen molar-refractivity contribution in [2.75, 3.05) is 14.2 Å². The summed E-state index contributed by atoms with van der Waals surface area (Å²) in [6.45, 7) is 0. The molecule has 1 saturated carbocycles. The maximum Gasteiger partial charge on any atom is 0.304 e. The van der Waals surface area contributed by atoms with Crippen LogP contribution in [0.3, 0.4) is 0 Å². The van der Waals surface area contributed by atoms with E-state index in [9.17, 15) is 9.18 Å². The van der Waals surface area contributed by atoms with Crippen molar-refractivity contribution in [2.45, 2.75) is 24.7 Å². The predicted molar refractivity (Wildman–Crippen MR) is 70.4 cm³/mol. The van der Waals surface area contributed by atoms with Crippen LogP contribution in [-0.2, 0) is 10.2 Å². The Labute approximate surface area is 118 Å². The van der Waals surface area contributed by atoms with Gasteiger partial charge in [0.25, 0.3) is 0 Å². The fourth-order valence-electron chi connectivity index (χ4n) is 2.35. The highest BCUT2D eigenvalue weighted by Gasteiger charge is 2.49. The van der Waals surface area contributed by atoms with Crippen LogP contribution >= 0.6 is 15.9 Å². The molecule has 1 N–H and O–H groups in total. The van der Waals surface area contributed by atoms with Crippen molar-refractivity contribution >= 4 is 21.9 Å². The zero-order chi connectivity index (χ0) is 14.2. The first-order valence-electron chi connectivity index (χ1n) is 5.77. The summed E-state index contributed by atoms with van der Waals surface area (Å²) in [6.07, 6.45) is 1.41. The van der Waals surface area contributed by atoms with Gasteiger partial charge in [0.15, 0.2) is 11.5 Å². The van der Waals surface area contributed by atoms with Gasteiger partial charge in [0.1, 0.15) is 0 Å². The Morgan fingerprint density at radius 2 is 2.00 bits per heavy atom. The molecule has 6 heteroatoms. The summed E-state index contributed by atoms with van der Waals surface area (Å²) in [5.41, 5.74) is 0.0647. The van der Waals surface area contributed by atoms with Crippen LogP contribution in [0.15, 0.2) is 10.5 Å². The van der Waals surface area contributed by atoms with Crippen molar-refractivity contribution in [3.05, 3.63) is 21.9 Å². The topological polar surface area (TPSA) is 55.8 Å². The first-order chi connectivity index (χ1) is 8.95. The number of methoxy groups -OCH3 is 2. The quantitative estimate of drug-likeness (QED) is 0.900. The van der Waals surface area contributed by atoms with Crippen molar-refractivity contribution in [3.8, 4) is 11.5 Å². The van der Waals surface area contributed by atoms with Gasteiger partial charge in [-0.15, -0.1) is 0 Å². The van der Waals surface area contributed by atoms with E-state index in [2.05, 4.69) is 15.9 Å². The zero-order valence-corrected chi connectivity index (χ0v) is 12.2. The first kappa shape index (κ1) is 14.1. The average Bonchev–Trinajstić information content (AvgIpc) is 3.09. The van der Waals surface area contributed by atoms with Crippen LogP contribution in [0.1, 0.15) is 24.8 Å². The number of carboxylic acid groups (broad SMARTS) is 1. The Hall–Kier alpha value is -1.30. The number of aliphatic carboxylic acids is 1. The SMILES string of the molecule is COc1c(Br)cc(C2(CC(=O)O)CC2)c(OC)c1F. The molecular formula is C13H14BrFO4. The maximum absolute atomic E-state index is 14.3. The molecule has 0 bridgehead atoms. The summed E-state index contributed by atoms with van der Waals surface area (Å²) in [6, 6.07) is 1.69. The van der Waals surface area contributed by atoms with E-state index in [0.29, 0.717) is 22.9 Å². The minimum absolute atomic E-state index is 0.0262. The van der Waals surface area contributed by atoms with Crippen molar-refractivity contribution in [2.24, 2.45) is 0 Å². The number of carboxylic acids is 1. The van der Waals surface area contributed by atoms with Crippen molar-refractivity contribution < 1.29 is 23.8 Å². The average molecular weight is 333 g/mol. The number of hydrogen-bond donors (Lipinski definition) is 1. The summed E-state index contributed by atoms with van der Waals surface area (Å²) in [4.78, 5) is 10.9. The monoisotopic (exact) mass is 332 g/mol. The molecule has 0 heterocycles. The molecule has 104 valence electrons. The largest absolute Gasteiger partial charge is 0.493 e. The van der Waals surface area contributed by atoms with Gasteiger partial charge in [-0.3, -0.25) is 4.79 Å². The standard InChI is InChI=1S/C13H14BrFO4/c1-18-11-7(13(3-4-13)6-9(16)17)5-8(14)12(19-2)10(11)15/h5H,3-4,6H2,1-2H3,(H,16,17). The van der Waals surface area contributed by atoms with E-state index in [1.165, 1.54) is 14.2 Å². The number of carbonyl (C=O) groups is 1. The lowest BCUT2D eigenvalue weighted by atomic mass is 9.91. The Morgan fingerprint density at radius 1 is 1.42 bits per heavy atom. The minimum atomic E-state index is -0.896. The molecule has 4 nitrogen and oxygen atoms in total. The number of hydrogen-bond acceptors (Lipinski definition) is 3. The highest BCUT2D eigenvalue weighted by atomic mass is 79.9. The molecular weight excluding hydrogens is 319 g/mol. The van der Waals surface area contributed by atoms with E-state index in [0.717, 1.165) is 0 Å². The fraction of sp³-hybridized carbons (Fsp3) is 0.462. The third-order valence-corrected chi connectivity index (χ3v) is 4.04. The van der Waals surface area contributed by atoms with Gasteiger partial charge < -0.3 is 14.6 Å². The molecule has 0 spiro atoms. The lowest BCUT2D eigenvalue weighted by molar-refractivity contribution is -0.137. The molecule has 0 saturated heterocycles. The van der Waals surface area contributed by atoms with E-state index < -0.39 is 17.2 Å². The fourth-order valence-corrected chi connectivity index (χ4v) is 2.91. The van der Waals surface area contributed by atoms with Gasteiger partial charge in [0, 0.05) is 11.0 Å². The molecule has 0 amide bonds. The van der Waals surface area contributed by atoms with Crippen LogP contribution in [0.4, 0.5) is 4.39 Å². The third kappa shape index (κ3) is 2.41. The molecule has 0 unspecified atom stereocenters. The summed E-state index contributed by atoms with van der Waals surface area (Å²) >= 11 is 3.24. The maximum atomic E-state index is 14.3. The molecule has 0 aliphatic heterocycles. The predicted octanol–water partition coefficient (Wildman–Crippen LogP) is 3.11. The first-order valence-corrected chi connectivity index (χ1v) is 6.57. The number of halogens is 2. The van der Waals surface area contributed by atoms with Crippen LogP contribution in [0.2, 0.25) is 0 Å². The van der Waals surface area contributed by atoms with Crippen LogP contribution in [0.25, 0.3) is 0 Å². The molecule has 1 aromatic rings. The van der Waals surface area contributed by atoms with Gasteiger partial charge in [-0.05, 0) is 34.8 Å². The van der Waals surface area contributed by atoms with Gasteiger partial charge in [-0.25, -0.2) is 0 Å². The third-order valence-electron chi connectivity index (χ3n) is 3.45. The second-order valence-corrected chi connectivity index (χ2v) is 5.49. The van der Waals surface area contributed by atoms with Crippen molar-refractivity contribution in [3.63, 3.8) is 0 Å². The van der Waals surface area contributed by atoms with Gasteiger partial charge in [0.05, 0.1) is 25.1 Å². The molecule has 19 heavy (non-hydrogen) atoms. The van der Waals surface area contributed by atoms with Gasteiger partial charge in [-0.1, -0.05) is 0 Å². The molecule has 0 radical (unpaired) electrons. The smallest absolute Gasteiger partial charge is 0.304 e. The van der Waals surface area contributed by atoms with Gasteiger partial charge in [-0.2, -0.15) is 4.39 Å². The second kappa shape index (κ2) is 5.00. The Kier molecular flexibility index (Phi) is 3.71. The van der Waals surface area contributed by atoms with Gasteiger partial charge in [0.2, 0.25) is 5.82 Å². The highest BCUT2D eigenvalue weighted by Crippen LogP contribution is 2.56. The van der Waals surface area contributed by atoms with E-state index in [-0.39, 0.29) is 17.9 Å². The van der Waals surface area contributed by atoms with Gasteiger partial charge >= 0.3 is 5.97 Å². The zero-order valence-electron chi connectivity index (χ0n) is 10.6. The number of ether oxygens (including phenoxy) is 2. The lowest BCUT2D eigenvalue weighted by Crippen LogP contribution is -2.15. The molecule has 2 rings (SSSR count). The Balaban J connectivity index is 2.55. The second-order valence-electron chi connectivity index (χ2n) is 4.64. The summed E-state index contributed by atoms with van der Waals surface area (Å²) in [5, 5.41) is 8.98. The normalized spacial score (nSPS) is 16.0. The van der Waals surface area contributed by atoms with Crippen LogP contribution in [0, 0.1) is 5.82 Å². The van der Waals surface area contributed by atoms with Crippen molar-refractivity contribution in [1.82, 2.24) is 0 Å². The highest BCUT2D eigenvalue weighted by molar-refractivity contribution is 9.10. The van der Waals surface area contributed by atoms with E-state index in [1.807, 2.05) is 0 Å². The Morgan fingerprint density at radius 3 is 2.42 bits per heavy atom. The molecule has 0 aromatic heterocycles. The number of rotatable bonds is 5. The minimum Gasteiger partial charge on any atom is -0.493 e. The summed E-state index contributed by atoms with van der Waals surface area (Å²) in [5.74, 6) is -1.37. The van der Waals surface area contributed by atoms with E-state index >= 15 is 0 Å². The molecule has 1 fully saturated rings. The lowest BCUT2D eigenvalue weighted by Gasteiger charge is -2.19.